The molecule has 1 heterocycles. The normalized spacial score (nSPS) is 19.0. The minimum atomic E-state index is -0.136. The summed E-state index contributed by atoms with van der Waals surface area (Å²) < 4.78 is 0. The predicted molar refractivity (Wildman–Crippen MR) is 114 cm³/mol. The molecule has 1 fully saturated rings. The van der Waals surface area contributed by atoms with E-state index in [1.807, 2.05) is 56.3 Å². The number of benzene rings is 1. The van der Waals surface area contributed by atoms with E-state index in [1.54, 1.807) is 6.20 Å². The second-order valence-electron chi connectivity index (χ2n) is 7.64. The number of para-hydroxylation sites is 1. The minimum absolute atomic E-state index is 0.136. The van der Waals surface area contributed by atoms with Crippen LogP contribution in [0.15, 0.2) is 36.5 Å². The Kier molecular flexibility index (Phi) is 6.68. The predicted octanol–water partition coefficient (Wildman–Crippen LogP) is 3.64. The number of anilines is 3. The molecule has 0 saturated heterocycles. The maximum atomic E-state index is 12.1. The lowest BCUT2D eigenvalue weighted by Crippen LogP contribution is -2.36. The molecular formula is C21H30N6O. The van der Waals surface area contributed by atoms with Crippen molar-refractivity contribution in [3.05, 3.63) is 42.1 Å². The van der Waals surface area contributed by atoms with Crippen molar-refractivity contribution >= 4 is 23.5 Å². The smallest absolute Gasteiger partial charge is 0.319 e. The number of aromatic nitrogens is 2. The molecule has 7 heteroatoms. The van der Waals surface area contributed by atoms with E-state index in [0.29, 0.717) is 24.5 Å². The topological polar surface area (TPSA) is 82.2 Å². The summed E-state index contributed by atoms with van der Waals surface area (Å²) in [7, 11) is 3.94. The Balaban J connectivity index is 1.40. The fourth-order valence-corrected chi connectivity index (χ4v) is 3.48. The number of nitrogens with zero attached hydrogens (tertiary/aromatic N) is 3. The first-order valence-electron chi connectivity index (χ1n) is 9.88. The molecule has 3 N–H and O–H groups in total. The number of carbonyl (C=O) groups is 1. The van der Waals surface area contributed by atoms with Gasteiger partial charge in [-0.25, -0.2) is 9.78 Å². The van der Waals surface area contributed by atoms with Gasteiger partial charge in [-0.15, -0.1) is 0 Å². The Morgan fingerprint density at radius 1 is 1.14 bits per heavy atom. The van der Waals surface area contributed by atoms with Crippen LogP contribution in [-0.4, -0.2) is 42.7 Å². The number of carbonyl (C=O) groups excluding carboxylic acids is 1. The van der Waals surface area contributed by atoms with Crippen LogP contribution in [0, 0.1) is 12.8 Å². The summed E-state index contributed by atoms with van der Waals surface area (Å²) in [6.45, 7) is 2.69. The quantitative estimate of drug-likeness (QED) is 0.710. The van der Waals surface area contributed by atoms with Crippen molar-refractivity contribution in [1.82, 2.24) is 15.3 Å². The van der Waals surface area contributed by atoms with Gasteiger partial charge < -0.3 is 20.9 Å². The average Bonchev–Trinajstić information content (AvgIpc) is 2.69. The van der Waals surface area contributed by atoms with Crippen molar-refractivity contribution < 1.29 is 4.79 Å². The summed E-state index contributed by atoms with van der Waals surface area (Å²) in [6, 6.07) is 9.94. The van der Waals surface area contributed by atoms with Gasteiger partial charge in [-0.3, -0.25) is 0 Å². The van der Waals surface area contributed by atoms with E-state index < -0.39 is 0 Å². The van der Waals surface area contributed by atoms with E-state index in [4.69, 9.17) is 0 Å². The molecule has 3 rings (SSSR count). The zero-order valence-electron chi connectivity index (χ0n) is 16.9. The van der Waals surface area contributed by atoms with Gasteiger partial charge in [0.15, 0.2) is 0 Å². The van der Waals surface area contributed by atoms with Crippen LogP contribution >= 0.6 is 0 Å². The average molecular weight is 383 g/mol. The number of hydrogen-bond acceptors (Lipinski definition) is 5. The summed E-state index contributed by atoms with van der Waals surface area (Å²) in [5, 5.41) is 9.39. The molecule has 2 amide bonds. The zero-order valence-corrected chi connectivity index (χ0v) is 16.9. The van der Waals surface area contributed by atoms with E-state index in [0.717, 1.165) is 42.8 Å². The molecule has 28 heavy (non-hydrogen) atoms. The summed E-state index contributed by atoms with van der Waals surface area (Å²) in [5.74, 6) is 2.09. The van der Waals surface area contributed by atoms with Crippen molar-refractivity contribution in [2.75, 3.05) is 36.2 Å². The molecule has 1 aromatic carbocycles. The highest BCUT2D eigenvalue weighted by Crippen LogP contribution is 2.26. The number of nitrogens with one attached hydrogen (secondary N) is 3. The Labute approximate surface area is 167 Å². The van der Waals surface area contributed by atoms with E-state index >= 15 is 0 Å². The summed E-state index contributed by atoms with van der Waals surface area (Å²) in [4.78, 5) is 23.0. The summed E-state index contributed by atoms with van der Waals surface area (Å²) >= 11 is 0. The first kappa shape index (κ1) is 19.9. The van der Waals surface area contributed by atoms with Gasteiger partial charge in [-0.2, -0.15) is 4.98 Å². The Morgan fingerprint density at radius 3 is 2.61 bits per heavy atom. The molecule has 150 valence electrons. The lowest BCUT2D eigenvalue weighted by Gasteiger charge is -2.29. The van der Waals surface area contributed by atoms with E-state index in [-0.39, 0.29) is 6.03 Å². The number of urea groups is 1. The van der Waals surface area contributed by atoms with Crippen molar-refractivity contribution in [3.8, 4) is 0 Å². The number of rotatable bonds is 6. The molecule has 1 aromatic heterocycles. The third kappa shape index (κ3) is 5.58. The van der Waals surface area contributed by atoms with Crippen LogP contribution in [0.1, 0.15) is 31.2 Å². The van der Waals surface area contributed by atoms with Crippen LogP contribution in [0.2, 0.25) is 0 Å². The van der Waals surface area contributed by atoms with E-state index in [9.17, 15) is 4.79 Å². The first-order chi connectivity index (χ1) is 13.5. The van der Waals surface area contributed by atoms with Crippen LogP contribution in [0.25, 0.3) is 0 Å². The van der Waals surface area contributed by atoms with Gasteiger partial charge in [0.05, 0.1) is 0 Å². The molecule has 2 aromatic rings. The standard InChI is InChI=1S/C21H30N6O/c1-15-6-4-5-7-18(15)25-21(28)23-14-16-8-10-17(11-9-16)24-20-22-13-12-19(26-20)27(2)3/h4-7,12-13,16-17H,8-11,14H2,1-3H3,(H,22,24,26)(H2,23,25,28). The molecule has 7 nitrogen and oxygen atoms in total. The van der Waals surface area contributed by atoms with Gasteiger partial charge in [0.2, 0.25) is 5.95 Å². The van der Waals surface area contributed by atoms with E-state index in [2.05, 4.69) is 25.9 Å². The van der Waals surface area contributed by atoms with Crippen LogP contribution in [0.3, 0.4) is 0 Å². The SMILES string of the molecule is Cc1ccccc1NC(=O)NCC1CCC(Nc2nccc(N(C)C)n2)CC1. The third-order valence-electron chi connectivity index (χ3n) is 5.22. The monoisotopic (exact) mass is 382 g/mol. The molecule has 0 aliphatic heterocycles. The van der Waals surface area contributed by atoms with Crippen LogP contribution in [-0.2, 0) is 0 Å². The van der Waals surface area contributed by atoms with E-state index in [1.165, 1.54) is 0 Å². The van der Waals surface area contributed by atoms with Gasteiger partial charge in [-0.1, -0.05) is 18.2 Å². The maximum Gasteiger partial charge on any atom is 0.319 e. The molecule has 0 bridgehead atoms. The van der Waals surface area contributed by atoms with Crippen molar-refractivity contribution in [1.29, 1.82) is 0 Å². The molecule has 0 radical (unpaired) electrons. The largest absolute Gasteiger partial charge is 0.363 e. The summed E-state index contributed by atoms with van der Waals surface area (Å²) in [5.41, 5.74) is 1.91. The van der Waals surface area contributed by atoms with Gasteiger partial charge in [0.1, 0.15) is 5.82 Å². The molecule has 0 spiro atoms. The van der Waals surface area contributed by atoms with Gasteiger partial charge in [0, 0.05) is 38.6 Å². The Hall–Kier alpha value is -2.83. The Morgan fingerprint density at radius 2 is 1.89 bits per heavy atom. The molecular weight excluding hydrogens is 352 g/mol. The number of hydrogen-bond donors (Lipinski definition) is 3. The lowest BCUT2D eigenvalue weighted by molar-refractivity contribution is 0.246. The van der Waals surface area contributed by atoms with Gasteiger partial charge >= 0.3 is 6.03 Å². The molecule has 0 unspecified atom stereocenters. The molecule has 1 saturated carbocycles. The summed E-state index contributed by atoms with van der Waals surface area (Å²) in [6.07, 6.45) is 6.06. The third-order valence-corrected chi connectivity index (χ3v) is 5.22. The van der Waals surface area contributed by atoms with Crippen molar-refractivity contribution in [3.63, 3.8) is 0 Å². The molecule has 1 aliphatic carbocycles. The number of amides is 2. The molecule has 0 atom stereocenters. The van der Waals surface area contributed by atoms with Crippen molar-refractivity contribution in [2.24, 2.45) is 5.92 Å². The lowest BCUT2D eigenvalue weighted by atomic mass is 9.86. The van der Waals surface area contributed by atoms with Crippen LogP contribution < -0.4 is 20.9 Å². The highest BCUT2D eigenvalue weighted by atomic mass is 16.2. The zero-order chi connectivity index (χ0) is 19.9. The second kappa shape index (κ2) is 9.39. The fourth-order valence-electron chi connectivity index (χ4n) is 3.48. The van der Waals surface area contributed by atoms with Crippen LogP contribution in [0.5, 0.6) is 0 Å². The van der Waals surface area contributed by atoms with Gasteiger partial charge in [0.25, 0.3) is 0 Å². The number of aryl methyl sites for hydroxylation is 1. The first-order valence-corrected chi connectivity index (χ1v) is 9.88. The van der Waals surface area contributed by atoms with Crippen molar-refractivity contribution in [2.45, 2.75) is 38.6 Å². The highest BCUT2D eigenvalue weighted by molar-refractivity contribution is 5.89. The fraction of sp³-hybridized carbons (Fsp3) is 0.476. The maximum absolute atomic E-state index is 12.1. The Bertz CT molecular complexity index is 786. The van der Waals surface area contributed by atoms with Crippen LogP contribution in [0.4, 0.5) is 22.2 Å². The molecule has 1 aliphatic rings. The second-order valence-corrected chi connectivity index (χ2v) is 7.64. The highest BCUT2D eigenvalue weighted by Gasteiger charge is 2.22. The van der Waals surface area contributed by atoms with Gasteiger partial charge in [-0.05, 0) is 56.2 Å². The minimum Gasteiger partial charge on any atom is -0.363 e.